The molecule has 2 heterocycles. The molecule has 1 atom stereocenters. The van der Waals surface area contributed by atoms with Crippen LogP contribution in [0.25, 0.3) is 11.0 Å². The maximum atomic E-state index is 11.3. The molecule has 21 heavy (non-hydrogen) atoms. The van der Waals surface area contributed by atoms with E-state index in [1.807, 2.05) is 30.3 Å². The van der Waals surface area contributed by atoms with Crippen LogP contribution in [-0.4, -0.2) is 16.6 Å². The van der Waals surface area contributed by atoms with E-state index in [1.54, 1.807) is 0 Å². The van der Waals surface area contributed by atoms with Crippen LogP contribution in [0.15, 0.2) is 41.2 Å². The Labute approximate surface area is 125 Å². The summed E-state index contributed by atoms with van der Waals surface area (Å²) in [5, 5.41) is -0.251. The van der Waals surface area contributed by atoms with Gasteiger partial charge < -0.3 is 14.7 Å². The summed E-state index contributed by atoms with van der Waals surface area (Å²) in [7, 11) is 0. The van der Waals surface area contributed by atoms with E-state index < -0.39 is 0 Å². The Kier molecular flexibility index (Phi) is 2.79. The number of aromatic amines is 2. The zero-order chi connectivity index (χ0) is 14.4. The molecule has 0 aliphatic carbocycles. The molecule has 4 nitrogen and oxygen atoms in total. The van der Waals surface area contributed by atoms with Crippen LogP contribution < -0.4 is 10.4 Å². The fourth-order valence-corrected chi connectivity index (χ4v) is 3.04. The van der Waals surface area contributed by atoms with Crippen LogP contribution in [0.4, 0.5) is 0 Å². The molecule has 0 fully saturated rings. The third kappa shape index (κ3) is 2.12. The number of halogens is 1. The van der Waals surface area contributed by atoms with Crippen molar-refractivity contribution >= 4 is 22.6 Å². The van der Waals surface area contributed by atoms with Crippen LogP contribution in [0, 0.1) is 0 Å². The van der Waals surface area contributed by atoms with Gasteiger partial charge in [-0.1, -0.05) is 18.2 Å². The Balaban J connectivity index is 1.75. The van der Waals surface area contributed by atoms with E-state index in [0.717, 1.165) is 40.9 Å². The lowest BCUT2D eigenvalue weighted by atomic mass is 10.0. The predicted molar refractivity (Wildman–Crippen MR) is 82.3 cm³/mol. The SMILES string of the molecule is O=c1[nH]c2ccc(C(Cl)c3ccc4c(c3)CCO4)cc2[nH]1. The van der Waals surface area contributed by atoms with Gasteiger partial charge >= 0.3 is 5.69 Å². The lowest BCUT2D eigenvalue weighted by Gasteiger charge is -2.11. The van der Waals surface area contributed by atoms with Crippen LogP contribution in [0.5, 0.6) is 5.75 Å². The minimum absolute atomic E-state index is 0.206. The van der Waals surface area contributed by atoms with Crippen molar-refractivity contribution in [3.8, 4) is 5.75 Å². The fraction of sp³-hybridized carbons (Fsp3) is 0.188. The van der Waals surface area contributed by atoms with Crippen LogP contribution in [0.1, 0.15) is 22.1 Å². The topological polar surface area (TPSA) is 57.9 Å². The predicted octanol–water partition coefficient (Wildman–Crippen LogP) is 3.12. The zero-order valence-corrected chi connectivity index (χ0v) is 11.9. The molecule has 2 aromatic carbocycles. The highest BCUT2D eigenvalue weighted by Gasteiger charge is 2.17. The summed E-state index contributed by atoms with van der Waals surface area (Å²) < 4.78 is 5.51. The summed E-state index contributed by atoms with van der Waals surface area (Å²) in [5.41, 5.74) is 4.55. The van der Waals surface area contributed by atoms with Gasteiger partial charge in [0, 0.05) is 6.42 Å². The largest absolute Gasteiger partial charge is 0.493 e. The first-order valence-corrected chi connectivity index (χ1v) is 7.26. The highest BCUT2D eigenvalue weighted by Crippen LogP contribution is 2.34. The maximum absolute atomic E-state index is 11.3. The van der Waals surface area contributed by atoms with Crippen molar-refractivity contribution in [3.63, 3.8) is 0 Å². The van der Waals surface area contributed by atoms with Gasteiger partial charge in [-0.2, -0.15) is 0 Å². The molecule has 1 aliphatic rings. The quantitative estimate of drug-likeness (QED) is 0.714. The summed E-state index contributed by atoms with van der Waals surface area (Å²) >= 11 is 6.60. The summed E-state index contributed by atoms with van der Waals surface area (Å²) in [5.74, 6) is 0.952. The van der Waals surface area contributed by atoms with Gasteiger partial charge in [0.15, 0.2) is 0 Å². The van der Waals surface area contributed by atoms with Crippen molar-refractivity contribution in [2.24, 2.45) is 0 Å². The van der Waals surface area contributed by atoms with Gasteiger partial charge in [-0.25, -0.2) is 4.79 Å². The minimum atomic E-state index is -0.251. The molecule has 3 aromatic rings. The van der Waals surface area contributed by atoms with Gasteiger partial charge in [-0.15, -0.1) is 11.6 Å². The first-order chi connectivity index (χ1) is 10.2. The van der Waals surface area contributed by atoms with Crippen molar-refractivity contribution < 1.29 is 4.74 Å². The maximum Gasteiger partial charge on any atom is 0.323 e. The Morgan fingerprint density at radius 2 is 1.81 bits per heavy atom. The second kappa shape index (κ2) is 4.67. The molecule has 1 unspecified atom stereocenters. The van der Waals surface area contributed by atoms with Crippen LogP contribution in [-0.2, 0) is 6.42 Å². The molecule has 0 saturated carbocycles. The Morgan fingerprint density at radius 1 is 1.05 bits per heavy atom. The summed E-state index contributed by atoms with van der Waals surface area (Å²) in [6.45, 7) is 0.738. The zero-order valence-electron chi connectivity index (χ0n) is 11.2. The molecule has 1 aromatic heterocycles. The molecule has 4 rings (SSSR count). The first-order valence-electron chi connectivity index (χ1n) is 6.82. The van der Waals surface area contributed by atoms with Gasteiger partial charge in [0.05, 0.1) is 23.0 Å². The molecular weight excluding hydrogens is 288 g/mol. The summed E-state index contributed by atoms with van der Waals surface area (Å²) in [6, 6.07) is 11.8. The molecule has 0 spiro atoms. The second-order valence-corrected chi connectivity index (χ2v) is 5.65. The number of hydrogen-bond acceptors (Lipinski definition) is 2. The number of benzene rings is 2. The highest BCUT2D eigenvalue weighted by atomic mass is 35.5. The molecule has 0 radical (unpaired) electrons. The van der Waals surface area contributed by atoms with E-state index in [2.05, 4.69) is 16.0 Å². The number of hydrogen-bond donors (Lipinski definition) is 2. The minimum Gasteiger partial charge on any atom is -0.493 e. The van der Waals surface area contributed by atoms with E-state index in [9.17, 15) is 4.79 Å². The summed E-state index contributed by atoms with van der Waals surface area (Å²) in [4.78, 5) is 16.8. The number of imidazole rings is 1. The lowest BCUT2D eigenvalue weighted by molar-refractivity contribution is 0.357. The van der Waals surface area contributed by atoms with E-state index in [1.165, 1.54) is 5.56 Å². The van der Waals surface area contributed by atoms with Crippen molar-refractivity contribution in [2.75, 3.05) is 6.61 Å². The Morgan fingerprint density at radius 3 is 2.71 bits per heavy atom. The number of rotatable bonds is 2. The molecule has 5 heteroatoms. The number of H-pyrrole nitrogens is 2. The van der Waals surface area contributed by atoms with E-state index >= 15 is 0 Å². The average molecular weight is 301 g/mol. The smallest absolute Gasteiger partial charge is 0.323 e. The average Bonchev–Trinajstić information content (AvgIpc) is 3.09. The monoisotopic (exact) mass is 300 g/mol. The van der Waals surface area contributed by atoms with E-state index in [0.29, 0.717) is 0 Å². The first kappa shape index (κ1) is 12.5. The van der Waals surface area contributed by atoms with Crippen LogP contribution in [0.3, 0.4) is 0 Å². The fourth-order valence-electron chi connectivity index (χ4n) is 2.76. The van der Waals surface area contributed by atoms with Gasteiger partial charge in [0.25, 0.3) is 0 Å². The van der Waals surface area contributed by atoms with Crippen molar-refractivity contribution in [3.05, 3.63) is 63.6 Å². The number of aromatic nitrogens is 2. The second-order valence-electron chi connectivity index (χ2n) is 5.21. The van der Waals surface area contributed by atoms with Crippen LogP contribution >= 0.6 is 11.6 Å². The molecule has 1 aliphatic heterocycles. The summed E-state index contributed by atoms with van der Waals surface area (Å²) in [6.07, 6.45) is 0.928. The van der Waals surface area contributed by atoms with Gasteiger partial charge in [0.1, 0.15) is 5.75 Å². The molecule has 106 valence electrons. The number of alkyl halides is 1. The highest BCUT2D eigenvalue weighted by molar-refractivity contribution is 6.22. The van der Waals surface area contributed by atoms with Crippen molar-refractivity contribution in [2.45, 2.75) is 11.8 Å². The molecule has 0 saturated heterocycles. The number of ether oxygens (including phenoxy) is 1. The molecule has 0 amide bonds. The molecule has 2 N–H and O–H groups in total. The third-order valence-corrected chi connectivity index (χ3v) is 4.34. The normalized spacial score (nSPS) is 14.9. The number of nitrogens with one attached hydrogen (secondary N) is 2. The lowest BCUT2D eigenvalue weighted by Crippen LogP contribution is -1.99. The Bertz CT molecular complexity index is 881. The Hall–Kier alpha value is -2.20. The van der Waals surface area contributed by atoms with Gasteiger partial charge in [0.2, 0.25) is 0 Å². The molecule has 0 bridgehead atoms. The van der Waals surface area contributed by atoms with Gasteiger partial charge in [-0.05, 0) is 34.9 Å². The van der Waals surface area contributed by atoms with Crippen molar-refractivity contribution in [1.29, 1.82) is 0 Å². The number of fused-ring (bicyclic) bond motifs is 2. The van der Waals surface area contributed by atoms with Gasteiger partial charge in [-0.3, -0.25) is 0 Å². The standard InChI is InChI=1S/C16H13ClN2O2/c17-15(10-2-4-14-9(7-10)5-6-21-14)11-1-3-12-13(8-11)19-16(20)18-12/h1-4,7-8,15H,5-6H2,(H2,18,19,20). The van der Waals surface area contributed by atoms with Crippen molar-refractivity contribution in [1.82, 2.24) is 9.97 Å². The molecular formula is C16H13ClN2O2. The van der Waals surface area contributed by atoms with E-state index in [4.69, 9.17) is 16.3 Å². The third-order valence-electron chi connectivity index (χ3n) is 3.84. The van der Waals surface area contributed by atoms with Crippen LogP contribution in [0.2, 0.25) is 0 Å². The van der Waals surface area contributed by atoms with E-state index in [-0.39, 0.29) is 11.1 Å².